The number of nitrogens with one attached hydrogen (secondary N) is 1. The number of thioether (sulfide) groups is 1. The van der Waals surface area contributed by atoms with Crippen LogP contribution in [0, 0.1) is 13.8 Å². The molecule has 0 spiro atoms. The van der Waals surface area contributed by atoms with Gasteiger partial charge in [-0.15, -0.1) is 0 Å². The van der Waals surface area contributed by atoms with Crippen molar-refractivity contribution in [1.82, 2.24) is 20.2 Å². The highest BCUT2D eigenvalue weighted by Gasteiger charge is 2.06. The van der Waals surface area contributed by atoms with Crippen LogP contribution in [-0.2, 0) is 4.79 Å². The molecule has 1 aromatic rings. The van der Waals surface area contributed by atoms with Gasteiger partial charge in [-0.2, -0.15) is 0 Å². The van der Waals surface area contributed by atoms with E-state index in [0.717, 1.165) is 31.0 Å². The molecule has 0 aliphatic carbocycles. The number of carbonyl (C=O) groups is 1. The minimum Gasteiger partial charge on any atom is -0.354 e. The van der Waals surface area contributed by atoms with Crippen molar-refractivity contribution in [3.8, 4) is 0 Å². The van der Waals surface area contributed by atoms with E-state index in [2.05, 4.69) is 34.0 Å². The summed E-state index contributed by atoms with van der Waals surface area (Å²) in [5.74, 6) is 0.395. The molecule has 0 atom stereocenters. The maximum Gasteiger partial charge on any atom is 0.230 e. The van der Waals surface area contributed by atoms with E-state index < -0.39 is 0 Å². The molecular formula is C14H24N4OS. The number of rotatable bonds is 8. The zero-order chi connectivity index (χ0) is 15.0. The predicted octanol–water partition coefficient (Wildman–Crippen LogP) is 1.64. The lowest BCUT2D eigenvalue weighted by molar-refractivity contribution is -0.118. The Morgan fingerprint density at radius 3 is 2.40 bits per heavy atom. The lowest BCUT2D eigenvalue weighted by Crippen LogP contribution is -2.35. The summed E-state index contributed by atoms with van der Waals surface area (Å²) in [6, 6.07) is 1.92. The molecule has 0 aromatic carbocycles. The van der Waals surface area contributed by atoms with Gasteiger partial charge in [0, 0.05) is 24.5 Å². The Labute approximate surface area is 125 Å². The van der Waals surface area contributed by atoms with Crippen LogP contribution in [0.2, 0.25) is 0 Å². The third-order valence-corrected chi connectivity index (χ3v) is 3.79. The van der Waals surface area contributed by atoms with Crippen LogP contribution < -0.4 is 5.32 Å². The van der Waals surface area contributed by atoms with E-state index in [1.54, 1.807) is 0 Å². The summed E-state index contributed by atoms with van der Waals surface area (Å²) >= 11 is 1.38. The topological polar surface area (TPSA) is 58.1 Å². The summed E-state index contributed by atoms with van der Waals surface area (Å²) in [6.45, 7) is 11.7. The molecule has 1 amide bonds. The van der Waals surface area contributed by atoms with Gasteiger partial charge < -0.3 is 10.2 Å². The number of aryl methyl sites for hydroxylation is 2. The predicted molar refractivity (Wildman–Crippen MR) is 83.0 cm³/mol. The number of hydrogen-bond acceptors (Lipinski definition) is 5. The second-order valence-electron chi connectivity index (χ2n) is 4.60. The summed E-state index contributed by atoms with van der Waals surface area (Å²) in [6.07, 6.45) is 0. The number of aromatic nitrogens is 2. The van der Waals surface area contributed by atoms with Gasteiger partial charge in [0.2, 0.25) is 5.91 Å². The van der Waals surface area contributed by atoms with E-state index in [9.17, 15) is 4.79 Å². The first-order valence-electron chi connectivity index (χ1n) is 6.99. The molecule has 1 N–H and O–H groups in total. The molecular weight excluding hydrogens is 272 g/mol. The van der Waals surface area contributed by atoms with E-state index in [1.807, 2.05) is 19.9 Å². The first-order chi connectivity index (χ1) is 9.55. The molecule has 6 heteroatoms. The van der Waals surface area contributed by atoms with Crippen LogP contribution in [0.5, 0.6) is 0 Å². The summed E-state index contributed by atoms with van der Waals surface area (Å²) in [5.41, 5.74) is 1.86. The third-order valence-electron chi connectivity index (χ3n) is 2.94. The Balaban J connectivity index is 2.29. The number of amides is 1. The summed E-state index contributed by atoms with van der Waals surface area (Å²) < 4.78 is 0. The molecule has 1 heterocycles. The van der Waals surface area contributed by atoms with E-state index in [-0.39, 0.29) is 5.91 Å². The molecule has 0 fully saturated rings. The van der Waals surface area contributed by atoms with E-state index >= 15 is 0 Å². The summed E-state index contributed by atoms with van der Waals surface area (Å²) in [5, 5.41) is 3.59. The Bertz CT molecular complexity index is 415. The fourth-order valence-electron chi connectivity index (χ4n) is 1.83. The first-order valence-corrected chi connectivity index (χ1v) is 7.97. The van der Waals surface area contributed by atoms with Crippen LogP contribution in [0.25, 0.3) is 0 Å². The highest BCUT2D eigenvalue weighted by molar-refractivity contribution is 7.99. The smallest absolute Gasteiger partial charge is 0.230 e. The third kappa shape index (κ3) is 6.34. The SMILES string of the molecule is CCN(CC)CCNC(=O)CSc1nc(C)cc(C)n1. The second kappa shape index (κ2) is 8.92. The molecule has 20 heavy (non-hydrogen) atoms. The van der Waals surface area contributed by atoms with Gasteiger partial charge >= 0.3 is 0 Å². The largest absolute Gasteiger partial charge is 0.354 e. The molecule has 0 saturated heterocycles. The van der Waals surface area contributed by atoms with Gasteiger partial charge in [-0.3, -0.25) is 4.79 Å². The molecule has 0 radical (unpaired) electrons. The molecule has 0 aliphatic heterocycles. The average Bonchev–Trinajstić information content (AvgIpc) is 2.40. The fraction of sp³-hybridized carbons (Fsp3) is 0.643. The zero-order valence-corrected chi connectivity index (χ0v) is 13.6. The minimum absolute atomic E-state index is 0.0323. The standard InChI is InChI=1S/C14H24N4OS/c1-5-18(6-2)8-7-15-13(19)10-20-14-16-11(3)9-12(4)17-14/h9H,5-8,10H2,1-4H3,(H,15,19). The van der Waals surface area contributed by atoms with E-state index in [4.69, 9.17) is 0 Å². The number of hydrogen-bond donors (Lipinski definition) is 1. The second-order valence-corrected chi connectivity index (χ2v) is 5.54. The first kappa shape index (κ1) is 16.9. The van der Waals surface area contributed by atoms with Crippen molar-refractivity contribution < 1.29 is 4.79 Å². The molecule has 0 bridgehead atoms. The fourth-order valence-corrected chi connectivity index (χ4v) is 2.61. The van der Waals surface area contributed by atoms with Crippen LogP contribution in [0.4, 0.5) is 0 Å². The average molecular weight is 296 g/mol. The van der Waals surface area contributed by atoms with Crippen LogP contribution in [-0.4, -0.2) is 52.7 Å². The summed E-state index contributed by atoms with van der Waals surface area (Å²) in [4.78, 5) is 22.6. The number of likely N-dealkylation sites (N-methyl/N-ethyl adjacent to an activating group) is 1. The Kier molecular flexibility index (Phi) is 7.54. The number of carbonyl (C=O) groups excluding carboxylic acids is 1. The molecule has 0 aliphatic rings. The highest BCUT2D eigenvalue weighted by atomic mass is 32.2. The maximum atomic E-state index is 11.7. The van der Waals surface area contributed by atoms with Crippen molar-refractivity contribution in [3.63, 3.8) is 0 Å². The van der Waals surface area contributed by atoms with Gasteiger partial charge in [-0.25, -0.2) is 9.97 Å². The van der Waals surface area contributed by atoms with Gasteiger partial charge in [-0.05, 0) is 33.0 Å². The van der Waals surface area contributed by atoms with Crippen molar-refractivity contribution in [2.75, 3.05) is 31.9 Å². The Morgan fingerprint density at radius 2 is 1.85 bits per heavy atom. The van der Waals surface area contributed by atoms with Gasteiger partial charge in [0.15, 0.2) is 5.16 Å². The van der Waals surface area contributed by atoms with Gasteiger partial charge in [0.25, 0.3) is 0 Å². The molecule has 1 aromatic heterocycles. The monoisotopic (exact) mass is 296 g/mol. The van der Waals surface area contributed by atoms with Gasteiger partial charge in [0.1, 0.15) is 0 Å². The number of nitrogens with zero attached hydrogens (tertiary/aromatic N) is 3. The summed E-state index contributed by atoms with van der Waals surface area (Å²) in [7, 11) is 0. The van der Waals surface area contributed by atoms with Crippen LogP contribution >= 0.6 is 11.8 Å². The maximum absolute atomic E-state index is 11.7. The van der Waals surface area contributed by atoms with Crippen molar-refractivity contribution in [1.29, 1.82) is 0 Å². The molecule has 5 nitrogen and oxygen atoms in total. The zero-order valence-electron chi connectivity index (χ0n) is 12.8. The Morgan fingerprint density at radius 1 is 1.25 bits per heavy atom. The van der Waals surface area contributed by atoms with Crippen LogP contribution in [0.15, 0.2) is 11.2 Å². The molecule has 1 rings (SSSR count). The highest BCUT2D eigenvalue weighted by Crippen LogP contribution is 2.13. The lowest BCUT2D eigenvalue weighted by Gasteiger charge is -2.17. The van der Waals surface area contributed by atoms with Crippen LogP contribution in [0.3, 0.4) is 0 Å². The molecule has 0 unspecified atom stereocenters. The molecule has 0 saturated carbocycles. The quantitative estimate of drug-likeness (QED) is 0.584. The van der Waals surface area contributed by atoms with E-state index in [1.165, 1.54) is 11.8 Å². The molecule has 112 valence electrons. The van der Waals surface area contributed by atoms with Crippen molar-refractivity contribution in [3.05, 3.63) is 17.5 Å². The van der Waals surface area contributed by atoms with Crippen molar-refractivity contribution in [2.45, 2.75) is 32.9 Å². The minimum atomic E-state index is 0.0323. The lowest BCUT2D eigenvalue weighted by atomic mass is 10.4. The van der Waals surface area contributed by atoms with Crippen molar-refractivity contribution >= 4 is 17.7 Å². The Hall–Kier alpha value is -1.14. The van der Waals surface area contributed by atoms with Gasteiger partial charge in [-0.1, -0.05) is 25.6 Å². The van der Waals surface area contributed by atoms with Crippen LogP contribution in [0.1, 0.15) is 25.2 Å². The van der Waals surface area contributed by atoms with Crippen molar-refractivity contribution in [2.24, 2.45) is 0 Å². The normalized spacial score (nSPS) is 10.8. The van der Waals surface area contributed by atoms with Gasteiger partial charge in [0.05, 0.1) is 5.75 Å². The van der Waals surface area contributed by atoms with E-state index in [0.29, 0.717) is 17.5 Å².